The Morgan fingerprint density at radius 3 is 2.81 bits per heavy atom. The maximum absolute atomic E-state index is 13.0. The number of alkyl halides is 1. The SMILES string of the molecule is CS(=O)(=O)N[C@H]1CCCc2c1cncc2N1CC2=C(C=CC(Cl)C=C2)C1=O. The fourth-order valence-electron chi connectivity index (χ4n) is 3.90. The van der Waals surface area contributed by atoms with Crippen LogP contribution in [0.25, 0.3) is 0 Å². The highest BCUT2D eigenvalue weighted by atomic mass is 35.5. The lowest BCUT2D eigenvalue weighted by molar-refractivity contribution is -0.114. The Bertz CT molecular complexity index is 997. The molecule has 6 nitrogen and oxygen atoms in total. The van der Waals surface area contributed by atoms with E-state index in [9.17, 15) is 13.2 Å². The molecular formula is C19H20ClN3O3S. The number of fused-ring (bicyclic) bond motifs is 1. The van der Waals surface area contributed by atoms with E-state index >= 15 is 0 Å². The van der Waals surface area contributed by atoms with Gasteiger partial charge in [-0.2, -0.15) is 0 Å². The molecule has 1 aromatic heterocycles. The molecule has 2 atom stereocenters. The van der Waals surface area contributed by atoms with E-state index < -0.39 is 10.0 Å². The van der Waals surface area contributed by atoms with Gasteiger partial charge in [0, 0.05) is 17.8 Å². The van der Waals surface area contributed by atoms with Crippen molar-refractivity contribution in [2.75, 3.05) is 17.7 Å². The number of anilines is 1. The molecule has 27 heavy (non-hydrogen) atoms. The molecule has 1 N–H and O–H groups in total. The average molecular weight is 406 g/mol. The van der Waals surface area contributed by atoms with Crippen LogP contribution in [0.1, 0.15) is 30.0 Å². The molecular weight excluding hydrogens is 386 g/mol. The zero-order valence-corrected chi connectivity index (χ0v) is 16.4. The molecule has 4 rings (SSSR count). The highest BCUT2D eigenvalue weighted by molar-refractivity contribution is 7.88. The van der Waals surface area contributed by atoms with Crippen molar-refractivity contribution in [1.29, 1.82) is 0 Å². The molecule has 0 spiro atoms. The van der Waals surface area contributed by atoms with Crippen LogP contribution >= 0.6 is 11.6 Å². The zero-order chi connectivity index (χ0) is 19.2. The van der Waals surface area contributed by atoms with Crippen molar-refractivity contribution in [2.24, 2.45) is 0 Å². The topological polar surface area (TPSA) is 79.4 Å². The number of sulfonamides is 1. The number of aromatic nitrogens is 1. The van der Waals surface area contributed by atoms with E-state index in [2.05, 4.69) is 9.71 Å². The number of pyridine rings is 1. The van der Waals surface area contributed by atoms with Gasteiger partial charge in [-0.05, 0) is 36.0 Å². The second kappa shape index (κ2) is 6.89. The molecule has 8 heteroatoms. The summed E-state index contributed by atoms with van der Waals surface area (Å²) in [5.41, 5.74) is 4.18. The second-order valence-corrected chi connectivity index (χ2v) is 9.34. The van der Waals surface area contributed by atoms with Crippen LogP contribution in [0.4, 0.5) is 5.69 Å². The Balaban J connectivity index is 1.69. The van der Waals surface area contributed by atoms with E-state index in [1.165, 1.54) is 0 Å². The molecule has 0 saturated heterocycles. The number of rotatable bonds is 3. The van der Waals surface area contributed by atoms with Gasteiger partial charge >= 0.3 is 0 Å². The lowest BCUT2D eigenvalue weighted by atomic mass is 9.88. The van der Waals surface area contributed by atoms with Gasteiger partial charge in [0.1, 0.15) is 0 Å². The Morgan fingerprint density at radius 1 is 1.26 bits per heavy atom. The molecule has 2 heterocycles. The molecule has 1 amide bonds. The van der Waals surface area contributed by atoms with Crippen molar-refractivity contribution in [2.45, 2.75) is 30.7 Å². The van der Waals surface area contributed by atoms with Gasteiger partial charge in [-0.3, -0.25) is 9.78 Å². The summed E-state index contributed by atoms with van der Waals surface area (Å²) in [7, 11) is -3.33. The van der Waals surface area contributed by atoms with E-state index in [1.807, 2.05) is 12.2 Å². The molecule has 0 saturated carbocycles. The number of hydrogen-bond acceptors (Lipinski definition) is 4. The number of halogens is 1. The fraction of sp³-hybridized carbons (Fsp3) is 0.368. The van der Waals surface area contributed by atoms with Crippen LogP contribution in [0.5, 0.6) is 0 Å². The minimum atomic E-state index is -3.33. The Labute approximate surface area is 163 Å². The number of hydrogen-bond donors (Lipinski definition) is 1. The van der Waals surface area contributed by atoms with Gasteiger partial charge in [-0.1, -0.05) is 24.3 Å². The van der Waals surface area contributed by atoms with Gasteiger partial charge in [-0.15, -0.1) is 11.6 Å². The van der Waals surface area contributed by atoms with Crippen molar-refractivity contribution < 1.29 is 13.2 Å². The summed E-state index contributed by atoms with van der Waals surface area (Å²) in [5, 5.41) is -0.217. The van der Waals surface area contributed by atoms with Crippen LogP contribution in [-0.2, 0) is 21.2 Å². The Kier molecular flexibility index (Phi) is 4.70. The molecule has 2 aliphatic carbocycles. The van der Waals surface area contributed by atoms with Crippen LogP contribution < -0.4 is 9.62 Å². The molecule has 1 unspecified atom stereocenters. The summed E-state index contributed by atoms with van der Waals surface area (Å²) in [5.74, 6) is -0.0786. The highest BCUT2D eigenvalue weighted by Gasteiger charge is 2.33. The lowest BCUT2D eigenvalue weighted by Gasteiger charge is -2.29. The van der Waals surface area contributed by atoms with Crippen molar-refractivity contribution >= 4 is 33.2 Å². The van der Waals surface area contributed by atoms with Crippen LogP contribution in [0.15, 0.2) is 47.8 Å². The maximum atomic E-state index is 13.0. The lowest BCUT2D eigenvalue weighted by Crippen LogP contribution is -2.33. The van der Waals surface area contributed by atoms with E-state index in [0.717, 1.165) is 47.9 Å². The molecule has 1 aromatic rings. The van der Waals surface area contributed by atoms with Gasteiger partial charge in [-0.25, -0.2) is 13.1 Å². The zero-order valence-electron chi connectivity index (χ0n) is 14.9. The average Bonchev–Trinajstić information content (AvgIpc) is 2.79. The first-order valence-corrected chi connectivity index (χ1v) is 11.2. The number of carbonyl (C=O) groups is 1. The molecule has 0 bridgehead atoms. The van der Waals surface area contributed by atoms with E-state index in [0.29, 0.717) is 12.1 Å². The summed E-state index contributed by atoms with van der Waals surface area (Å²) >= 11 is 6.11. The third-order valence-electron chi connectivity index (χ3n) is 5.09. The largest absolute Gasteiger partial charge is 0.302 e. The first kappa shape index (κ1) is 18.4. The summed E-state index contributed by atoms with van der Waals surface area (Å²) in [6.07, 6.45) is 14.3. The summed E-state index contributed by atoms with van der Waals surface area (Å²) in [6.45, 7) is 0.459. The predicted octanol–water partition coefficient (Wildman–Crippen LogP) is 2.38. The number of allylic oxidation sites excluding steroid dienone is 2. The van der Waals surface area contributed by atoms with Crippen molar-refractivity contribution in [3.8, 4) is 0 Å². The number of amides is 1. The van der Waals surface area contributed by atoms with Crippen LogP contribution in [0.2, 0.25) is 0 Å². The van der Waals surface area contributed by atoms with Crippen LogP contribution in [0.3, 0.4) is 0 Å². The molecule has 0 fully saturated rings. The van der Waals surface area contributed by atoms with E-state index in [1.54, 1.807) is 29.4 Å². The predicted molar refractivity (Wildman–Crippen MR) is 105 cm³/mol. The van der Waals surface area contributed by atoms with Gasteiger partial charge in [0.05, 0.1) is 30.1 Å². The molecule has 1 aliphatic heterocycles. The van der Waals surface area contributed by atoms with Gasteiger partial charge < -0.3 is 4.90 Å². The highest BCUT2D eigenvalue weighted by Crippen LogP contribution is 2.38. The minimum absolute atomic E-state index is 0.0786. The molecule has 0 aromatic carbocycles. The van der Waals surface area contributed by atoms with Gasteiger partial charge in [0.2, 0.25) is 10.0 Å². The van der Waals surface area contributed by atoms with Crippen molar-refractivity contribution in [3.05, 3.63) is 59.0 Å². The van der Waals surface area contributed by atoms with Crippen molar-refractivity contribution in [1.82, 2.24) is 9.71 Å². The smallest absolute Gasteiger partial charge is 0.258 e. The first-order chi connectivity index (χ1) is 12.8. The van der Waals surface area contributed by atoms with Gasteiger partial charge in [0.25, 0.3) is 5.91 Å². The minimum Gasteiger partial charge on any atom is -0.302 e. The molecule has 0 radical (unpaired) electrons. The van der Waals surface area contributed by atoms with Crippen molar-refractivity contribution in [3.63, 3.8) is 0 Å². The number of nitrogens with zero attached hydrogens (tertiary/aromatic N) is 2. The van der Waals surface area contributed by atoms with Gasteiger partial charge in [0.15, 0.2) is 0 Å². The third kappa shape index (κ3) is 3.59. The monoisotopic (exact) mass is 405 g/mol. The van der Waals surface area contributed by atoms with E-state index in [4.69, 9.17) is 11.6 Å². The molecule has 142 valence electrons. The Hall–Kier alpha value is -1.96. The van der Waals surface area contributed by atoms with Crippen LogP contribution in [-0.4, -0.2) is 37.5 Å². The maximum Gasteiger partial charge on any atom is 0.258 e. The quantitative estimate of drug-likeness (QED) is 0.783. The standard InChI is InChI=1S/C19H20ClN3O3S/c1-27(25,26)22-17-4-2-3-15-16(17)9-21-10-18(15)23-11-12-5-6-13(20)7-8-14(12)19(23)24/h5-10,13,17,22H,2-4,11H2,1H3/t13?,17-/m0/s1. The summed E-state index contributed by atoms with van der Waals surface area (Å²) in [4.78, 5) is 19.0. The normalized spacial score (nSPS) is 24.8. The molecule has 3 aliphatic rings. The van der Waals surface area contributed by atoms with Crippen LogP contribution in [0, 0.1) is 0 Å². The second-order valence-electron chi connectivity index (χ2n) is 7.05. The Morgan fingerprint density at radius 2 is 2.04 bits per heavy atom. The van der Waals surface area contributed by atoms with E-state index in [-0.39, 0.29) is 17.3 Å². The summed E-state index contributed by atoms with van der Waals surface area (Å²) < 4.78 is 26.1. The summed E-state index contributed by atoms with van der Waals surface area (Å²) in [6, 6.07) is -0.309. The fourth-order valence-corrected chi connectivity index (χ4v) is 4.81. The number of nitrogens with one attached hydrogen (secondary N) is 1. The number of carbonyl (C=O) groups excluding carboxylic acids is 1. The first-order valence-electron chi connectivity index (χ1n) is 8.83. The third-order valence-corrected chi connectivity index (χ3v) is 6.09.